The Morgan fingerprint density at radius 2 is 1.66 bits per heavy atom. The van der Waals surface area contributed by atoms with E-state index in [4.69, 9.17) is 15.0 Å². The molecule has 1 unspecified atom stereocenters. The first-order valence-electron chi connectivity index (χ1n) is 9.21. The number of sulfone groups is 1. The quantitative estimate of drug-likeness (QED) is 0.528. The van der Waals surface area contributed by atoms with Crippen molar-refractivity contribution in [3.8, 4) is 11.5 Å². The summed E-state index contributed by atoms with van der Waals surface area (Å²) < 4.78 is 54.5. The fourth-order valence-electron chi connectivity index (χ4n) is 3.04. The van der Waals surface area contributed by atoms with E-state index in [0.29, 0.717) is 11.3 Å². The first kappa shape index (κ1) is 23.4. The number of primary sulfonamides is 1. The molecule has 0 saturated heterocycles. The predicted octanol–water partition coefficient (Wildman–Crippen LogP) is 2.77. The molecule has 9 nitrogen and oxygen atoms in total. The maximum atomic E-state index is 12.3. The van der Waals surface area contributed by atoms with E-state index in [0.717, 1.165) is 24.5 Å². The zero-order chi connectivity index (χ0) is 23.7. The van der Waals surface area contributed by atoms with Gasteiger partial charge in [0, 0.05) is 24.1 Å². The van der Waals surface area contributed by atoms with Gasteiger partial charge in [-0.3, -0.25) is 4.98 Å². The normalized spacial score (nSPS) is 12.8. The second kappa shape index (κ2) is 8.69. The number of benzene rings is 2. The van der Waals surface area contributed by atoms with Crippen LogP contribution in [0.4, 0.5) is 0 Å². The van der Waals surface area contributed by atoms with Gasteiger partial charge in [-0.1, -0.05) is 19.1 Å². The summed E-state index contributed by atoms with van der Waals surface area (Å²) in [6, 6.07) is 13.0. The molecular formula is C21H20N2O7S2. The lowest BCUT2D eigenvalue weighted by atomic mass is 9.97. The third-order valence-corrected chi connectivity index (χ3v) is 6.77. The third kappa shape index (κ3) is 5.13. The maximum absolute atomic E-state index is 12.3. The van der Waals surface area contributed by atoms with Gasteiger partial charge < -0.3 is 9.84 Å². The highest BCUT2D eigenvalue weighted by atomic mass is 32.2. The zero-order valence-electron chi connectivity index (χ0n) is 17.1. The van der Waals surface area contributed by atoms with E-state index in [1.165, 1.54) is 12.1 Å². The number of carboxylic acid groups (broad SMARTS) is 1. The van der Waals surface area contributed by atoms with Gasteiger partial charge >= 0.3 is 5.97 Å². The van der Waals surface area contributed by atoms with E-state index in [9.17, 15) is 21.6 Å². The molecule has 3 N–H and O–H groups in total. The van der Waals surface area contributed by atoms with Gasteiger partial charge in [-0.15, -0.1) is 0 Å². The number of aromatic carboxylic acids is 1. The molecule has 1 atom stereocenters. The van der Waals surface area contributed by atoms with Crippen molar-refractivity contribution in [2.45, 2.75) is 22.6 Å². The highest BCUT2D eigenvalue weighted by Crippen LogP contribution is 2.35. The SMILES string of the molecule is CC(c1ccc(Oc2ccc(C(=O)O)cc2S(C)(=O)=O)c(S(N)(=O)=O)c1)c1ccccn1. The second-order valence-corrected chi connectivity index (χ2v) is 10.6. The van der Waals surface area contributed by atoms with Crippen LogP contribution in [0.3, 0.4) is 0 Å². The van der Waals surface area contributed by atoms with E-state index < -0.39 is 30.7 Å². The van der Waals surface area contributed by atoms with E-state index in [-0.39, 0.29) is 27.9 Å². The lowest BCUT2D eigenvalue weighted by Crippen LogP contribution is -2.14. The minimum absolute atomic E-state index is 0.197. The van der Waals surface area contributed by atoms with E-state index >= 15 is 0 Å². The van der Waals surface area contributed by atoms with Crippen LogP contribution in [0, 0.1) is 0 Å². The van der Waals surface area contributed by atoms with Crippen LogP contribution < -0.4 is 9.88 Å². The van der Waals surface area contributed by atoms with E-state index in [2.05, 4.69) is 4.98 Å². The smallest absolute Gasteiger partial charge is 0.335 e. The first-order valence-corrected chi connectivity index (χ1v) is 12.6. The molecule has 0 radical (unpaired) electrons. The average Bonchev–Trinajstić information content (AvgIpc) is 2.72. The van der Waals surface area contributed by atoms with Crippen molar-refractivity contribution >= 4 is 25.8 Å². The molecule has 0 amide bonds. The highest BCUT2D eigenvalue weighted by molar-refractivity contribution is 7.90. The number of aromatic nitrogens is 1. The number of carbonyl (C=O) groups is 1. The minimum Gasteiger partial charge on any atom is -0.478 e. The Balaban J connectivity index is 2.11. The lowest BCUT2D eigenvalue weighted by Gasteiger charge is -2.16. The Labute approximate surface area is 185 Å². The fraction of sp³-hybridized carbons (Fsp3) is 0.143. The summed E-state index contributed by atoms with van der Waals surface area (Å²) in [7, 11) is -8.14. The zero-order valence-corrected chi connectivity index (χ0v) is 18.7. The molecule has 1 heterocycles. The topological polar surface area (TPSA) is 154 Å². The lowest BCUT2D eigenvalue weighted by molar-refractivity contribution is 0.0696. The summed E-state index contributed by atoms with van der Waals surface area (Å²) in [5.74, 6) is -2.00. The van der Waals surface area contributed by atoms with E-state index in [1.54, 1.807) is 24.4 Å². The molecule has 0 aliphatic heterocycles. The Morgan fingerprint density at radius 1 is 1.00 bits per heavy atom. The molecule has 0 saturated carbocycles. The summed E-state index contributed by atoms with van der Waals surface area (Å²) in [6.45, 7) is 1.84. The van der Waals surface area contributed by atoms with Crippen LogP contribution in [-0.2, 0) is 19.9 Å². The number of hydrogen-bond donors (Lipinski definition) is 2. The Hall–Kier alpha value is -3.28. The molecule has 0 fully saturated rings. The van der Waals surface area contributed by atoms with Crippen molar-refractivity contribution in [2.24, 2.45) is 5.14 Å². The van der Waals surface area contributed by atoms with Crippen LogP contribution in [0.25, 0.3) is 0 Å². The number of nitrogens with zero attached hydrogens (tertiary/aromatic N) is 1. The molecule has 0 aliphatic carbocycles. The van der Waals surface area contributed by atoms with Crippen LogP contribution in [0.1, 0.15) is 34.5 Å². The number of carboxylic acids is 1. The van der Waals surface area contributed by atoms with Gasteiger partial charge in [0.2, 0.25) is 10.0 Å². The van der Waals surface area contributed by atoms with Gasteiger partial charge in [-0.2, -0.15) is 0 Å². The Morgan fingerprint density at radius 3 is 2.22 bits per heavy atom. The molecule has 11 heteroatoms. The van der Waals surface area contributed by atoms with Crippen LogP contribution in [0.15, 0.2) is 70.6 Å². The molecule has 1 aromatic heterocycles. The minimum atomic E-state index is -4.25. The predicted molar refractivity (Wildman–Crippen MR) is 116 cm³/mol. The monoisotopic (exact) mass is 476 g/mol. The molecular weight excluding hydrogens is 456 g/mol. The standard InChI is InChI=1S/C21H20N2O7S2/c1-13(16-5-3-4-10-23-16)14-6-8-18(20(11-14)32(22,28)29)30-17-9-7-15(21(24)25)12-19(17)31(2,26)27/h3-13H,1-2H3,(H,24,25)(H2,22,28,29). The van der Waals surface area contributed by atoms with E-state index in [1.807, 2.05) is 13.0 Å². The number of rotatable bonds is 7. The summed E-state index contributed by atoms with van der Waals surface area (Å²) in [4.78, 5) is 14.7. The van der Waals surface area contributed by atoms with Crippen LogP contribution in [-0.4, -0.2) is 39.2 Å². The molecule has 3 rings (SSSR count). The van der Waals surface area contributed by atoms with Gasteiger partial charge in [0.15, 0.2) is 9.84 Å². The van der Waals surface area contributed by atoms with Gasteiger partial charge in [0.05, 0.1) is 5.56 Å². The first-order chi connectivity index (χ1) is 14.9. The number of hydrogen-bond acceptors (Lipinski definition) is 7. The Kier molecular flexibility index (Phi) is 6.35. The molecule has 3 aromatic rings. The largest absolute Gasteiger partial charge is 0.478 e. The van der Waals surface area contributed by atoms with Crippen molar-refractivity contribution in [3.63, 3.8) is 0 Å². The number of nitrogens with two attached hydrogens (primary N) is 1. The molecule has 0 aliphatic rings. The van der Waals surface area contributed by atoms with Crippen LogP contribution in [0.2, 0.25) is 0 Å². The summed E-state index contributed by atoms with van der Waals surface area (Å²) in [5, 5.41) is 14.5. The van der Waals surface area contributed by atoms with Gasteiger partial charge in [0.1, 0.15) is 21.3 Å². The number of pyridine rings is 1. The third-order valence-electron chi connectivity index (χ3n) is 4.72. The van der Waals surface area contributed by atoms with Gasteiger partial charge in [-0.25, -0.2) is 26.8 Å². The Bertz CT molecular complexity index is 1390. The summed E-state index contributed by atoms with van der Waals surface area (Å²) in [6.07, 6.45) is 2.51. The van der Waals surface area contributed by atoms with Crippen LogP contribution >= 0.6 is 0 Å². The molecule has 0 bridgehead atoms. The average molecular weight is 477 g/mol. The van der Waals surface area contributed by atoms with Crippen molar-refractivity contribution < 1.29 is 31.5 Å². The maximum Gasteiger partial charge on any atom is 0.335 e. The van der Waals surface area contributed by atoms with Crippen molar-refractivity contribution in [1.82, 2.24) is 4.98 Å². The number of sulfonamides is 1. The fourth-order valence-corrected chi connectivity index (χ4v) is 4.54. The van der Waals surface area contributed by atoms with Gasteiger partial charge in [-0.05, 0) is 48.0 Å². The van der Waals surface area contributed by atoms with Crippen molar-refractivity contribution in [3.05, 3.63) is 77.6 Å². The van der Waals surface area contributed by atoms with Crippen molar-refractivity contribution in [1.29, 1.82) is 0 Å². The van der Waals surface area contributed by atoms with Gasteiger partial charge in [0.25, 0.3) is 0 Å². The molecule has 32 heavy (non-hydrogen) atoms. The molecule has 2 aromatic carbocycles. The molecule has 0 spiro atoms. The highest BCUT2D eigenvalue weighted by Gasteiger charge is 2.23. The number of ether oxygens (including phenoxy) is 1. The second-order valence-electron chi connectivity index (χ2n) is 7.07. The molecule has 168 valence electrons. The van der Waals surface area contributed by atoms with Crippen LogP contribution in [0.5, 0.6) is 11.5 Å². The van der Waals surface area contributed by atoms with Crippen molar-refractivity contribution in [2.75, 3.05) is 6.26 Å². The summed E-state index contributed by atoms with van der Waals surface area (Å²) in [5.41, 5.74) is 1.05. The summed E-state index contributed by atoms with van der Waals surface area (Å²) >= 11 is 0.